The Morgan fingerprint density at radius 2 is 1.91 bits per heavy atom. The van der Waals surface area contributed by atoms with Crippen LogP contribution in [-0.4, -0.2) is 26.9 Å². The predicted octanol–water partition coefficient (Wildman–Crippen LogP) is 0.0586. The monoisotopic (exact) mass is 178 g/mol. The van der Waals surface area contributed by atoms with Gasteiger partial charge in [0.2, 0.25) is 0 Å². The van der Waals surface area contributed by atoms with Crippen molar-refractivity contribution in [2.75, 3.05) is 0 Å². The molecule has 0 saturated heterocycles. The zero-order chi connectivity index (χ0) is 9.07. The van der Waals surface area contributed by atoms with Gasteiger partial charge in [-0.2, -0.15) is 0 Å². The first-order valence-corrected chi connectivity index (χ1v) is 3.44. The molecule has 0 amide bonds. The standard InChI is InChI=1S/C6H10O4S/c1-6(10,2-4(7)8)3-5(9)11/h10H,2-3H2,1H3,(H,7,8)(H,9,11). The van der Waals surface area contributed by atoms with Gasteiger partial charge >= 0.3 is 5.97 Å². The number of aliphatic hydroxyl groups is 1. The summed E-state index contributed by atoms with van der Waals surface area (Å²) in [4.78, 5) is 20.5. The zero-order valence-corrected chi connectivity index (χ0v) is 6.97. The van der Waals surface area contributed by atoms with Crippen molar-refractivity contribution in [1.82, 2.24) is 0 Å². The van der Waals surface area contributed by atoms with Gasteiger partial charge in [0, 0.05) is 6.42 Å². The lowest BCUT2D eigenvalue weighted by atomic mass is 9.99. The summed E-state index contributed by atoms with van der Waals surface area (Å²) in [5, 5.41) is 17.0. The smallest absolute Gasteiger partial charge is 0.306 e. The maximum absolute atomic E-state index is 10.4. The molecule has 0 aliphatic rings. The average Bonchev–Trinajstić information content (AvgIpc) is 1.53. The fourth-order valence-electron chi connectivity index (χ4n) is 0.714. The fourth-order valence-corrected chi connectivity index (χ4v) is 1.05. The molecule has 0 rings (SSSR count). The fraction of sp³-hybridized carbons (Fsp3) is 0.667. The molecule has 0 heterocycles. The molecular formula is C6H10O4S. The van der Waals surface area contributed by atoms with E-state index in [1.807, 2.05) is 0 Å². The number of thiol groups is 1. The molecule has 64 valence electrons. The van der Waals surface area contributed by atoms with E-state index in [4.69, 9.17) is 5.11 Å². The van der Waals surface area contributed by atoms with Crippen LogP contribution in [0.4, 0.5) is 0 Å². The largest absolute Gasteiger partial charge is 0.481 e. The molecule has 0 aliphatic carbocycles. The van der Waals surface area contributed by atoms with E-state index < -0.39 is 23.1 Å². The number of carboxylic acid groups (broad SMARTS) is 1. The molecule has 5 heteroatoms. The van der Waals surface area contributed by atoms with Crippen molar-refractivity contribution in [3.63, 3.8) is 0 Å². The molecule has 0 aromatic rings. The first-order chi connectivity index (χ1) is 4.83. The summed E-state index contributed by atoms with van der Waals surface area (Å²) in [5.74, 6) is -1.13. The Balaban J connectivity index is 3.99. The van der Waals surface area contributed by atoms with Crippen molar-refractivity contribution >= 4 is 23.7 Å². The van der Waals surface area contributed by atoms with Gasteiger partial charge in [0.1, 0.15) is 0 Å². The van der Waals surface area contributed by atoms with E-state index in [2.05, 4.69) is 12.6 Å². The second-order valence-corrected chi connectivity index (χ2v) is 3.14. The topological polar surface area (TPSA) is 74.6 Å². The van der Waals surface area contributed by atoms with Crippen LogP contribution in [0, 0.1) is 0 Å². The van der Waals surface area contributed by atoms with Crippen molar-refractivity contribution in [2.24, 2.45) is 0 Å². The minimum absolute atomic E-state index is 0.248. The van der Waals surface area contributed by atoms with Gasteiger partial charge in [-0.05, 0) is 6.92 Å². The Morgan fingerprint density at radius 3 is 2.18 bits per heavy atom. The second kappa shape index (κ2) is 3.73. The number of carboxylic acids is 1. The van der Waals surface area contributed by atoms with Gasteiger partial charge in [-0.25, -0.2) is 0 Å². The molecule has 0 aliphatic heterocycles. The Hall–Kier alpha value is -0.550. The summed E-state index contributed by atoms with van der Waals surface area (Å²) in [6.45, 7) is 1.29. The van der Waals surface area contributed by atoms with Crippen molar-refractivity contribution in [1.29, 1.82) is 0 Å². The van der Waals surface area contributed by atoms with Crippen LogP contribution in [0.15, 0.2) is 0 Å². The lowest BCUT2D eigenvalue weighted by Crippen LogP contribution is -2.29. The maximum atomic E-state index is 10.4. The van der Waals surface area contributed by atoms with E-state index in [-0.39, 0.29) is 6.42 Å². The summed E-state index contributed by atoms with van der Waals surface area (Å²) in [6, 6.07) is 0. The van der Waals surface area contributed by atoms with E-state index in [9.17, 15) is 14.7 Å². The summed E-state index contributed by atoms with van der Waals surface area (Å²) < 4.78 is 0. The van der Waals surface area contributed by atoms with Crippen LogP contribution in [0.1, 0.15) is 19.8 Å². The number of carbonyl (C=O) groups is 2. The van der Waals surface area contributed by atoms with Crippen molar-refractivity contribution in [3.8, 4) is 0 Å². The summed E-state index contributed by atoms with van der Waals surface area (Å²) >= 11 is 3.42. The van der Waals surface area contributed by atoms with Crippen LogP contribution in [0.3, 0.4) is 0 Å². The number of hydrogen-bond donors (Lipinski definition) is 3. The first kappa shape index (κ1) is 10.4. The molecule has 11 heavy (non-hydrogen) atoms. The molecule has 0 radical (unpaired) electrons. The third kappa shape index (κ3) is 5.87. The van der Waals surface area contributed by atoms with Crippen LogP contribution in [-0.2, 0) is 9.59 Å². The first-order valence-electron chi connectivity index (χ1n) is 2.99. The number of carbonyl (C=O) groups excluding carboxylic acids is 1. The molecular weight excluding hydrogens is 168 g/mol. The Kier molecular flexibility index (Phi) is 3.54. The van der Waals surface area contributed by atoms with Gasteiger partial charge in [0.25, 0.3) is 0 Å². The molecule has 2 N–H and O–H groups in total. The molecule has 0 aromatic heterocycles. The highest BCUT2D eigenvalue weighted by atomic mass is 32.1. The number of hydrogen-bond acceptors (Lipinski definition) is 3. The lowest BCUT2D eigenvalue weighted by Gasteiger charge is -2.18. The highest BCUT2D eigenvalue weighted by Gasteiger charge is 2.25. The van der Waals surface area contributed by atoms with Crippen molar-refractivity contribution in [2.45, 2.75) is 25.4 Å². The van der Waals surface area contributed by atoms with Gasteiger partial charge in [-0.3, -0.25) is 9.59 Å². The molecule has 1 atom stereocenters. The molecule has 0 bridgehead atoms. The summed E-state index contributed by atoms with van der Waals surface area (Å²) in [6.07, 6.45) is -0.693. The van der Waals surface area contributed by atoms with Crippen LogP contribution < -0.4 is 0 Å². The van der Waals surface area contributed by atoms with Gasteiger partial charge in [0.05, 0.1) is 12.0 Å². The van der Waals surface area contributed by atoms with E-state index in [1.54, 1.807) is 0 Å². The minimum atomic E-state index is -1.48. The number of aliphatic carboxylic acids is 1. The van der Waals surface area contributed by atoms with Gasteiger partial charge in [0.15, 0.2) is 5.12 Å². The van der Waals surface area contributed by atoms with Crippen LogP contribution >= 0.6 is 12.6 Å². The molecule has 0 spiro atoms. The lowest BCUT2D eigenvalue weighted by molar-refractivity contribution is -0.142. The Labute approximate surface area is 69.6 Å². The quantitative estimate of drug-likeness (QED) is 0.532. The van der Waals surface area contributed by atoms with Gasteiger partial charge < -0.3 is 10.2 Å². The normalized spacial score (nSPS) is 15.5. The second-order valence-electron chi connectivity index (χ2n) is 2.64. The maximum Gasteiger partial charge on any atom is 0.306 e. The van der Waals surface area contributed by atoms with Gasteiger partial charge in [-0.15, -0.1) is 12.6 Å². The highest BCUT2D eigenvalue weighted by Crippen LogP contribution is 2.15. The summed E-state index contributed by atoms with van der Waals surface area (Å²) in [7, 11) is 0. The molecule has 0 saturated carbocycles. The van der Waals surface area contributed by atoms with Crippen LogP contribution in [0.5, 0.6) is 0 Å². The average molecular weight is 178 g/mol. The highest BCUT2D eigenvalue weighted by molar-refractivity contribution is 7.96. The van der Waals surface area contributed by atoms with E-state index in [0.717, 1.165) is 0 Å². The van der Waals surface area contributed by atoms with E-state index >= 15 is 0 Å². The van der Waals surface area contributed by atoms with Crippen LogP contribution in [0.25, 0.3) is 0 Å². The SMILES string of the molecule is CC(O)(CC(=O)O)CC(=O)S. The van der Waals surface area contributed by atoms with Gasteiger partial charge in [-0.1, -0.05) is 0 Å². The third-order valence-electron chi connectivity index (χ3n) is 1.06. The van der Waals surface area contributed by atoms with E-state index in [1.165, 1.54) is 6.92 Å². The van der Waals surface area contributed by atoms with E-state index in [0.29, 0.717) is 0 Å². The molecule has 1 unspecified atom stereocenters. The Morgan fingerprint density at radius 1 is 1.45 bits per heavy atom. The zero-order valence-electron chi connectivity index (χ0n) is 6.07. The minimum Gasteiger partial charge on any atom is -0.481 e. The molecule has 0 aromatic carbocycles. The van der Waals surface area contributed by atoms with Crippen molar-refractivity contribution in [3.05, 3.63) is 0 Å². The number of rotatable bonds is 4. The van der Waals surface area contributed by atoms with Crippen molar-refractivity contribution < 1.29 is 19.8 Å². The molecule has 0 fully saturated rings. The Bertz CT molecular complexity index is 157. The third-order valence-corrected chi connectivity index (χ3v) is 1.22. The predicted molar refractivity (Wildman–Crippen MR) is 41.5 cm³/mol. The summed E-state index contributed by atoms with van der Waals surface area (Å²) in [5.41, 5.74) is -1.48. The molecule has 4 nitrogen and oxygen atoms in total. The van der Waals surface area contributed by atoms with Crippen LogP contribution in [0.2, 0.25) is 0 Å².